The highest BCUT2D eigenvalue weighted by Crippen LogP contribution is 2.41. The van der Waals surface area contributed by atoms with Crippen molar-refractivity contribution in [1.29, 1.82) is 0 Å². The molecule has 0 aliphatic heterocycles. The molecule has 3 nitrogen and oxygen atoms in total. The molecule has 252 valence electrons. The maximum atomic E-state index is 2.66. The number of aromatic nitrogens is 3. The Morgan fingerprint density at radius 2 is 0.962 bits per heavy atom. The number of para-hydroxylation sites is 5. The van der Waals surface area contributed by atoms with Crippen molar-refractivity contribution in [3.63, 3.8) is 0 Å². The highest BCUT2D eigenvalue weighted by molar-refractivity contribution is 6.18. The summed E-state index contributed by atoms with van der Waals surface area (Å²) in [6.07, 6.45) is 2.13. The molecule has 0 saturated heterocycles. The lowest BCUT2D eigenvalue weighted by Crippen LogP contribution is -2.11. The van der Waals surface area contributed by atoms with Gasteiger partial charge in [0.15, 0.2) is 0 Å². The zero-order chi connectivity index (χ0) is 34.8. The molecular formula is C49H41N3. The third kappa shape index (κ3) is 4.80. The van der Waals surface area contributed by atoms with Gasteiger partial charge in [0.1, 0.15) is 0 Å². The van der Waals surface area contributed by atoms with Crippen LogP contribution in [0.25, 0.3) is 71.1 Å². The molecule has 0 aliphatic carbocycles. The molecule has 0 aliphatic rings. The standard InChI is InChI=1S/C49H41N3/c1-3-36(29-33(2)35-27-25-34(26-28-35)32-50-44-21-11-7-17-38(44)39-18-8-12-22-45(39)50)51-46-23-13-9-19-40(46)42-31-49-43(30-48(42)51)41-20-10-14-24-47(41)52(49)37-15-5-4-6-16-37/h4-28,30-31,33,36H,3,29,32H2,1-2H3. The van der Waals surface area contributed by atoms with Crippen molar-refractivity contribution >= 4 is 65.4 Å². The first-order valence-corrected chi connectivity index (χ1v) is 18.7. The minimum atomic E-state index is 0.356. The molecule has 0 amide bonds. The summed E-state index contributed by atoms with van der Waals surface area (Å²) in [5, 5.41) is 7.89. The van der Waals surface area contributed by atoms with E-state index in [9.17, 15) is 0 Å². The predicted molar refractivity (Wildman–Crippen MR) is 221 cm³/mol. The predicted octanol–water partition coefficient (Wildman–Crippen LogP) is 13.2. The van der Waals surface area contributed by atoms with Crippen LogP contribution in [-0.2, 0) is 6.54 Å². The fourth-order valence-corrected chi connectivity index (χ4v) is 9.02. The van der Waals surface area contributed by atoms with Crippen molar-refractivity contribution < 1.29 is 0 Å². The number of nitrogens with zero attached hydrogens (tertiary/aromatic N) is 3. The third-order valence-corrected chi connectivity index (χ3v) is 11.5. The number of hydrogen-bond donors (Lipinski definition) is 0. The smallest absolute Gasteiger partial charge is 0.0548 e. The molecule has 52 heavy (non-hydrogen) atoms. The molecule has 0 fully saturated rings. The van der Waals surface area contributed by atoms with E-state index >= 15 is 0 Å². The summed E-state index contributed by atoms with van der Waals surface area (Å²) in [4.78, 5) is 0. The summed E-state index contributed by atoms with van der Waals surface area (Å²) in [6, 6.07) is 60.9. The van der Waals surface area contributed by atoms with Crippen molar-refractivity contribution in [1.82, 2.24) is 13.7 Å². The molecule has 0 N–H and O–H groups in total. The van der Waals surface area contributed by atoms with Crippen LogP contribution in [-0.4, -0.2) is 13.7 Å². The largest absolute Gasteiger partial charge is 0.337 e. The Kier molecular flexibility index (Phi) is 7.28. The Hall–Kier alpha value is -6.06. The monoisotopic (exact) mass is 671 g/mol. The number of rotatable bonds is 8. The van der Waals surface area contributed by atoms with Crippen LogP contribution >= 0.6 is 0 Å². The van der Waals surface area contributed by atoms with Crippen molar-refractivity contribution in [2.75, 3.05) is 0 Å². The van der Waals surface area contributed by atoms with Gasteiger partial charge in [-0.05, 0) is 78.4 Å². The van der Waals surface area contributed by atoms with Gasteiger partial charge in [0.2, 0.25) is 0 Å². The second-order valence-electron chi connectivity index (χ2n) is 14.5. The van der Waals surface area contributed by atoms with Crippen molar-refractivity contribution in [3.05, 3.63) is 175 Å². The number of benzene rings is 7. The molecule has 2 atom stereocenters. The van der Waals surface area contributed by atoms with E-state index in [4.69, 9.17) is 0 Å². The quantitative estimate of drug-likeness (QED) is 0.153. The van der Waals surface area contributed by atoms with E-state index in [2.05, 4.69) is 191 Å². The molecule has 7 aromatic carbocycles. The lowest BCUT2D eigenvalue weighted by atomic mass is 9.92. The Morgan fingerprint density at radius 3 is 1.60 bits per heavy atom. The fourth-order valence-electron chi connectivity index (χ4n) is 9.02. The van der Waals surface area contributed by atoms with Crippen LogP contribution in [0.2, 0.25) is 0 Å². The van der Waals surface area contributed by atoms with E-state index < -0.39 is 0 Å². The number of fused-ring (bicyclic) bond motifs is 9. The van der Waals surface area contributed by atoms with Crippen molar-refractivity contribution in [3.8, 4) is 5.69 Å². The average Bonchev–Trinajstić information content (AvgIpc) is 3.82. The maximum absolute atomic E-state index is 2.66. The molecule has 3 aromatic heterocycles. The van der Waals surface area contributed by atoms with Gasteiger partial charge in [0.05, 0.1) is 16.6 Å². The molecular weight excluding hydrogens is 631 g/mol. The van der Waals surface area contributed by atoms with Gasteiger partial charge >= 0.3 is 0 Å². The second kappa shape index (κ2) is 12.3. The Morgan fingerprint density at radius 1 is 0.462 bits per heavy atom. The van der Waals surface area contributed by atoms with Crippen LogP contribution in [0.4, 0.5) is 0 Å². The van der Waals surface area contributed by atoms with Crippen LogP contribution < -0.4 is 0 Å². The molecule has 0 spiro atoms. The summed E-state index contributed by atoms with van der Waals surface area (Å²) in [7, 11) is 0. The second-order valence-corrected chi connectivity index (χ2v) is 14.5. The maximum Gasteiger partial charge on any atom is 0.0548 e. The van der Waals surface area contributed by atoms with Crippen LogP contribution in [0.3, 0.4) is 0 Å². The third-order valence-electron chi connectivity index (χ3n) is 11.5. The molecule has 0 saturated carbocycles. The van der Waals surface area contributed by atoms with Gasteiger partial charge in [-0.1, -0.05) is 129 Å². The summed E-state index contributed by atoms with van der Waals surface area (Å²) in [5.41, 5.74) is 11.7. The molecule has 0 bridgehead atoms. The molecule has 0 radical (unpaired) electrons. The first-order chi connectivity index (χ1) is 25.7. The van der Waals surface area contributed by atoms with Gasteiger partial charge in [-0.2, -0.15) is 0 Å². The molecule has 3 heteroatoms. The Labute approximate surface area is 304 Å². The van der Waals surface area contributed by atoms with Crippen LogP contribution in [0.5, 0.6) is 0 Å². The SMILES string of the molecule is CCC(CC(C)c1ccc(Cn2c3ccccc3c3ccccc32)cc1)n1c2ccccc2c2cc3c(cc21)c1ccccc1n3-c1ccccc1. The van der Waals surface area contributed by atoms with Gasteiger partial charge in [0.25, 0.3) is 0 Å². The number of hydrogen-bond acceptors (Lipinski definition) is 0. The minimum absolute atomic E-state index is 0.356. The van der Waals surface area contributed by atoms with Gasteiger partial charge in [-0.3, -0.25) is 0 Å². The van der Waals surface area contributed by atoms with Gasteiger partial charge in [0, 0.05) is 67.1 Å². The first kappa shape index (κ1) is 30.7. The summed E-state index contributed by atoms with van der Waals surface area (Å²) < 4.78 is 7.55. The average molecular weight is 672 g/mol. The van der Waals surface area contributed by atoms with Gasteiger partial charge in [-0.25, -0.2) is 0 Å². The first-order valence-electron chi connectivity index (χ1n) is 18.7. The molecule has 3 heterocycles. The van der Waals surface area contributed by atoms with Gasteiger partial charge < -0.3 is 13.7 Å². The molecule has 10 aromatic rings. The van der Waals surface area contributed by atoms with Crippen LogP contribution in [0.15, 0.2) is 164 Å². The zero-order valence-electron chi connectivity index (χ0n) is 29.7. The minimum Gasteiger partial charge on any atom is -0.337 e. The molecule has 10 rings (SSSR count). The lowest BCUT2D eigenvalue weighted by Gasteiger charge is -2.24. The van der Waals surface area contributed by atoms with E-state index in [1.165, 1.54) is 82.2 Å². The highest BCUT2D eigenvalue weighted by atomic mass is 15.0. The topological polar surface area (TPSA) is 14.8 Å². The summed E-state index contributed by atoms with van der Waals surface area (Å²) in [5.74, 6) is 0.409. The van der Waals surface area contributed by atoms with E-state index in [-0.39, 0.29) is 0 Å². The molecule has 2 unspecified atom stereocenters. The van der Waals surface area contributed by atoms with Crippen LogP contribution in [0, 0.1) is 0 Å². The normalized spacial score (nSPS) is 13.3. The summed E-state index contributed by atoms with van der Waals surface area (Å²) >= 11 is 0. The highest BCUT2D eigenvalue weighted by Gasteiger charge is 2.23. The van der Waals surface area contributed by atoms with E-state index in [0.29, 0.717) is 12.0 Å². The Bertz CT molecular complexity index is 2850. The summed E-state index contributed by atoms with van der Waals surface area (Å²) in [6.45, 7) is 5.62. The van der Waals surface area contributed by atoms with Crippen molar-refractivity contribution in [2.45, 2.75) is 45.2 Å². The zero-order valence-corrected chi connectivity index (χ0v) is 29.7. The fraction of sp³-hybridized carbons (Fsp3) is 0.143. The Balaban J connectivity index is 1.02. The van der Waals surface area contributed by atoms with E-state index in [1.54, 1.807) is 0 Å². The van der Waals surface area contributed by atoms with Crippen LogP contribution in [0.1, 0.15) is 49.8 Å². The lowest BCUT2D eigenvalue weighted by molar-refractivity contribution is 0.441. The van der Waals surface area contributed by atoms with E-state index in [0.717, 1.165) is 19.4 Å². The van der Waals surface area contributed by atoms with Crippen molar-refractivity contribution in [2.24, 2.45) is 0 Å². The van der Waals surface area contributed by atoms with E-state index in [1.807, 2.05) is 0 Å². The van der Waals surface area contributed by atoms with Gasteiger partial charge in [-0.15, -0.1) is 0 Å².